The first-order chi connectivity index (χ1) is 8.26. The number of alkyl halides is 1. The maximum Gasteiger partial charge on any atom is 0.408 e. The summed E-state index contributed by atoms with van der Waals surface area (Å²) in [6.45, 7) is 4.35. The monoisotopic (exact) mass is 265 g/mol. The lowest BCUT2D eigenvalue weighted by Crippen LogP contribution is -2.46. The van der Waals surface area contributed by atoms with Crippen molar-refractivity contribution in [3.63, 3.8) is 0 Å². The summed E-state index contributed by atoms with van der Waals surface area (Å²) in [7, 11) is 0. The van der Waals surface area contributed by atoms with Gasteiger partial charge in [0.1, 0.15) is 5.60 Å². The van der Waals surface area contributed by atoms with Crippen LogP contribution in [0.15, 0.2) is 0 Å². The zero-order valence-corrected chi connectivity index (χ0v) is 10.9. The van der Waals surface area contributed by atoms with Gasteiger partial charge >= 0.3 is 12.1 Å². The molecular weight excluding hydrogens is 245 g/mol. The molecular formula is C11H20FNO5. The van der Waals surface area contributed by atoms with Gasteiger partial charge in [-0.3, -0.25) is 4.39 Å². The number of carbonyl (C=O) groups excluding carboxylic acids is 1. The van der Waals surface area contributed by atoms with Gasteiger partial charge in [0.25, 0.3) is 0 Å². The Kier molecular flexibility index (Phi) is 7.26. The van der Waals surface area contributed by atoms with E-state index in [4.69, 9.17) is 14.6 Å². The van der Waals surface area contributed by atoms with E-state index < -0.39 is 30.4 Å². The van der Waals surface area contributed by atoms with Gasteiger partial charge in [-0.1, -0.05) is 0 Å². The van der Waals surface area contributed by atoms with Crippen molar-refractivity contribution in [2.45, 2.75) is 38.8 Å². The molecule has 0 aliphatic rings. The van der Waals surface area contributed by atoms with E-state index >= 15 is 0 Å². The van der Waals surface area contributed by atoms with Crippen molar-refractivity contribution in [1.82, 2.24) is 5.32 Å². The minimum Gasteiger partial charge on any atom is -0.480 e. The van der Waals surface area contributed by atoms with Crippen molar-refractivity contribution in [2.75, 3.05) is 19.9 Å². The molecule has 106 valence electrons. The Labute approximate surface area is 105 Å². The van der Waals surface area contributed by atoms with Crippen molar-refractivity contribution in [2.24, 2.45) is 0 Å². The first-order valence-electron chi connectivity index (χ1n) is 5.62. The average Bonchev–Trinajstić information content (AvgIpc) is 2.19. The van der Waals surface area contributed by atoms with Crippen LogP contribution in [0.1, 0.15) is 27.2 Å². The molecule has 0 aliphatic carbocycles. The van der Waals surface area contributed by atoms with Crippen LogP contribution in [-0.2, 0) is 14.3 Å². The number of carboxylic acid groups (broad SMARTS) is 1. The maximum atomic E-state index is 11.8. The lowest BCUT2D eigenvalue weighted by molar-refractivity contribution is -0.141. The molecule has 0 aromatic rings. The molecule has 0 aliphatic heterocycles. The van der Waals surface area contributed by atoms with Gasteiger partial charge in [-0.15, -0.1) is 0 Å². The van der Waals surface area contributed by atoms with E-state index in [1.165, 1.54) is 0 Å². The fraction of sp³-hybridized carbons (Fsp3) is 0.818. The predicted molar refractivity (Wildman–Crippen MR) is 62.2 cm³/mol. The number of ether oxygens (including phenoxy) is 2. The Bertz CT molecular complexity index is 277. The van der Waals surface area contributed by atoms with Gasteiger partial charge in [0, 0.05) is 6.61 Å². The Hall–Kier alpha value is -1.37. The highest BCUT2D eigenvalue weighted by Gasteiger charge is 2.23. The van der Waals surface area contributed by atoms with Crippen LogP contribution in [0, 0.1) is 0 Å². The van der Waals surface area contributed by atoms with Gasteiger partial charge < -0.3 is 19.9 Å². The quantitative estimate of drug-likeness (QED) is 0.678. The summed E-state index contributed by atoms with van der Waals surface area (Å²) in [5, 5.41) is 11.0. The molecule has 0 heterocycles. The molecule has 6 nitrogen and oxygen atoms in total. The zero-order valence-electron chi connectivity index (χ0n) is 10.9. The van der Waals surface area contributed by atoms with Crippen molar-refractivity contribution in [3.8, 4) is 0 Å². The van der Waals surface area contributed by atoms with Crippen molar-refractivity contribution < 1.29 is 28.6 Å². The van der Waals surface area contributed by atoms with Crippen LogP contribution >= 0.6 is 0 Å². The number of halogens is 1. The third-order valence-electron chi connectivity index (χ3n) is 1.70. The minimum atomic E-state index is -1.24. The molecule has 0 unspecified atom stereocenters. The van der Waals surface area contributed by atoms with Crippen LogP contribution in [0.2, 0.25) is 0 Å². The molecule has 0 aromatic heterocycles. The van der Waals surface area contributed by atoms with Crippen LogP contribution in [0.5, 0.6) is 0 Å². The number of rotatable bonds is 7. The van der Waals surface area contributed by atoms with Crippen LogP contribution in [0.3, 0.4) is 0 Å². The highest BCUT2D eigenvalue weighted by molar-refractivity contribution is 5.80. The van der Waals surface area contributed by atoms with Crippen molar-refractivity contribution in [3.05, 3.63) is 0 Å². The molecule has 18 heavy (non-hydrogen) atoms. The predicted octanol–water partition coefficient (Wildman–Crippen LogP) is 1.34. The number of aliphatic carboxylic acids is 1. The molecule has 0 bridgehead atoms. The fourth-order valence-corrected chi connectivity index (χ4v) is 0.982. The summed E-state index contributed by atoms with van der Waals surface area (Å²) in [5.74, 6) is -1.24. The van der Waals surface area contributed by atoms with E-state index in [1.807, 2.05) is 0 Å². The zero-order chi connectivity index (χ0) is 14.2. The second-order valence-corrected chi connectivity index (χ2v) is 4.65. The van der Waals surface area contributed by atoms with E-state index in [0.29, 0.717) is 0 Å². The van der Waals surface area contributed by atoms with Crippen molar-refractivity contribution >= 4 is 12.1 Å². The molecule has 0 rings (SSSR count). The van der Waals surface area contributed by atoms with E-state index in [0.717, 1.165) is 0 Å². The summed E-state index contributed by atoms with van der Waals surface area (Å²) < 4.78 is 21.6. The maximum absolute atomic E-state index is 11.8. The molecule has 2 N–H and O–H groups in total. The van der Waals surface area contributed by atoms with E-state index in [-0.39, 0.29) is 19.6 Å². The average molecular weight is 265 g/mol. The van der Waals surface area contributed by atoms with E-state index in [2.05, 4.69) is 5.32 Å². The Balaban J connectivity index is 4.11. The van der Waals surface area contributed by atoms with Crippen LogP contribution in [0.25, 0.3) is 0 Å². The molecule has 0 spiro atoms. The number of alkyl carbamates (subject to hydrolysis) is 1. The second-order valence-electron chi connectivity index (χ2n) is 4.65. The third kappa shape index (κ3) is 8.74. The fourth-order valence-electron chi connectivity index (χ4n) is 0.982. The van der Waals surface area contributed by atoms with Crippen molar-refractivity contribution in [1.29, 1.82) is 0 Å². The molecule has 7 heteroatoms. The van der Waals surface area contributed by atoms with E-state index in [1.54, 1.807) is 20.8 Å². The summed E-state index contributed by atoms with van der Waals surface area (Å²) >= 11 is 0. The summed E-state index contributed by atoms with van der Waals surface area (Å²) in [4.78, 5) is 22.2. The molecule has 1 amide bonds. The van der Waals surface area contributed by atoms with Crippen LogP contribution < -0.4 is 5.32 Å². The lowest BCUT2D eigenvalue weighted by atomic mass is 10.2. The summed E-state index contributed by atoms with van der Waals surface area (Å²) in [5.41, 5.74) is -0.706. The number of carboxylic acids is 1. The minimum absolute atomic E-state index is 0.107. The van der Waals surface area contributed by atoms with Gasteiger partial charge in [0.15, 0.2) is 6.04 Å². The summed E-state index contributed by atoms with van der Waals surface area (Å²) in [6.07, 6.45) is -0.636. The molecule has 0 aromatic carbocycles. The highest BCUT2D eigenvalue weighted by Crippen LogP contribution is 2.06. The topological polar surface area (TPSA) is 84.9 Å². The Morgan fingerprint density at radius 2 is 2.00 bits per heavy atom. The van der Waals surface area contributed by atoms with Gasteiger partial charge in [-0.2, -0.15) is 0 Å². The summed E-state index contributed by atoms with van der Waals surface area (Å²) in [6, 6.07) is -1.21. The first-order valence-corrected chi connectivity index (χ1v) is 5.62. The molecule has 0 radical (unpaired) electrons. The van der Waals surface area contributed by atoms with Gasteiger partial charge in [-0.25, -0.2) is 9.59 Å². The number of hydrogen-bond donors (Lipinski definition) is 2. The SMILES string of the molecule is CC(C)(C)OC(=O)N[C@H](COCCCF)C(=O)O. The van der Waals surface area contributed by atoms with Crippen LogP contribution in [0.4, 0.5) is 9.18 Å². The standard InChI is InChI=1S/C11H20FNO5/c1-11(2,3)18-10(16)13-8(9(14)15)7-17-6-4-5-12/h8H,4-7H2,1-3H3,(H,13,16)(H,14,15)/t8-/m1/s1. The van der Waals surface area contributed by atoms with E-state index in [9.17, 15) is 14.0 Å². The number of amides is 1. The molecule has 0 saturated carbocycles. The normalized spacial score (nSPS) is 12.9. The molecule has 0 fully saturated rings. The third-order valence-corrected chi connectivity index (χ3v) is 1.70. The van der Waals surface area contributed by atoms with Crippen LogP contribution in [-0.4, -0.2) is 48.7 Å². The Morgan fingerprint density at radius 1 is 1.39 bits per heavy atom. The Morgan fingerprint density at radius 3 is 2.44 bits per heavy atom. The highest BCUT2D eigenvalue weighted by atomic mass is 19.1. The van der Waals surface area contributed by atoms with Gasteiger partial charge in [-0.05, 0) is 27.2 Å². The first kappa shape index (κ1) is 16.6. The number of carbonyl (C=O) groups is 2. The smallest absolute Gasteiger partial charge is 0.408 e. The lowest BCUT2D eigenvalue weighted by Gasteiger charge is -2.21. The number of hydrogen-bond acceptors (Lipinski definition) is 4. The number of nitrogens with one attached hydrogen (secondary N) is 1. The second kappa shape index (κ2) is 7.86. The van der Waals surface area contributed by atoms with Gasteiger partial charge in [0.2, 0.25) is 0 Å². The van der Waals surface area contributed by atoms with Gasteiger partial charge in [0.05, 0.1) is 13.3 Å². The molecule has 0 saturated heterocycles. The molecule has 1 atom stereocenters. The largest absolute Gasteiger partial charge is 0.480 e.